The Hall–Kier alpha value is -2.04. The van der Waals surface area contributed by atoms with E-state index in [4.69, 9.17) is 4.74 Å². The van der Waals surface area contributed by atoms with E-state index in [-0.39, 0.29) is 24.2 Å². The number of hydrogen-bond acceptors (Lipinski definition) is 1. The summed E-state index contributed by atoms with van der Waals surface area (Å²) in [5.74, 6) is -3.61. The maximum absolute atomic E-state index is 14.7. The lowest BCUT2D eigenvalue weighted by molar-refractivity contribution is 0.310. The number of aryl methyl sites for hydroxylation is 1. The highest BCUT2D eigenvalue weighted by Gasteiger charge is 2.29. The molecule has 30 heavy (non-hydrogen) atoms. The molecule has 1 fully saturated rings. The number of rotatable bonds is 8. The highest BCUT2D eigenvalue weighted by molar-refractivity contribution is 5.34. The molecule has 3 rings (SSSR count). The van der Waals surface area contributed by atoms with Crippen LogP contribution in [0.15, 0.2) is 24.3 Å². The van der Waals surface area contributed by atoms with E-state index in [2.05, 4.69) is 6.92 Å². The Labute approximate surface area is 176 Å². The summed E-state index contributed by atoms with van der Waals surface area (Å²) in [4.78, 5) is 0. The lowest BCUT2D eigenvalue weighted by Gasteiger charge is -2.30. The third kappa shape index (κ3) is 4.81. The molecule has 0 aromatic heterocycles. The van der Waals surface area contributed by atoms with E-state index >= 15 is 0 Å². The van der Waals surface area contributed by atoms with E-state index in [0.29, 0.717) is 48.8 Å². The molecular formula is C25H30F4O. The van der Waals surface area contributed by atoms with Crippen molar-refractivity contribution in [3.8, 4) is 5.75 Å². The van der Waals surface area contributed by atoms with E-state index in [1.54, 1.807) is 25.1 Å². The fourth-order valence-corrected chi connectivity index (χ4v) is 4.52. The van der Waals surface area contributed by atoms with Crippen LogP contribution in [0.4, 0.5) is 17.6 Å². The maximum atomic E-state index is 14.7. The van der Waals surface area contributed by atoms with E-state index < -0.39 is 23.3 Å². The molecule has 0 atom stereocenters. The zero-order valence-corrected chi connectivity index (χ0v) is 17.7. The first-order valence-electron chi connectivity index (χ1n) is 11.0. The predicted octanol–water partition coefficient (Wildman–Crippen LogP) is 7.82. The standard InChI is InChI=1S/C25H30F4O/c1-3-5-6-7-18-12-13-19(23(27)22(18)26)16-8-10-17(11-9-16)20-14-15-21(30-4-2)25(29)24(20)28/h12-17H,3-11H2,1-2H3. The van der Waals surface area contributed by atoms with Crippen LogP contribution in [0.1, 0.15) is 87.3 Å². The second kappa shape index (κ2) is 10.3. The summed E-state index contributed by atoms with van der Waals surface area (Å²) >= 11 is 0. The lowest BCUT2D eigenvalue weighted by Crippen LogP contribution is -2.15. The predicted molar refractivity (Wildman–Crippen MR) is 111 cm³/mol. The van der Waals surface area contributed by atoms with Gasteiger partial charge in [-0.2, -0.15) is 4.39 Å². The Morgan fingerprint density at radius 1 is 0.733 bits per heavy atom. The molecule has 0 bridgehead atoms. The van der Waals surface area contributed by atoms with E-state index in [1.807, 2.05) is 0 Å². The summed E-state index contributed by atoms with van der Waals surface area (Å²) < 4.78 is 63.0. The number of unbranched alkanes of at least 4 members (excludes halogenated alkanes) is 2. The van der Waals surface area contributed by atoms with Crippen molar-refractivity contribution in [3.63, 3.8) is 0 Å². The molecule has 0 spiro atoms. The number of hydrogen-bond donors (Lipinski definition) is 0. The molecule has 1 saturated carbocycles. The first kappa shape index (κ1) is 22.6. The molecular weight excluding hydrogens is 392 g/mol. The molecule has 0 N–H and O–H groups in total. The maximum Gasteiger partial charge on any atom is 0.200 e. The van der Waals surface area contributed by atoms with E-state index in [9.17, 15) is 17.6 Å². The minimum absolute atomic E-state index is 0.0796. The molecule has 0 unspecified atom stereocenters. The first-order chi connectivity index (χ1) is 14.5. The zero-order valence-electron chi connectivity index (χ0n) is 17.7. The molecule has 0 saturated heterocycles. The number of ether oxygens (including phenoxy) is 1. The van der Waals surface area contributed by atoms with Gasteiger partial charge in [-0.25, -0.2) is 13.2 Å². The Bertz CT molecular complexity index is 857. The van der Waals surface area contributed by atoms with Gasteiger partial charge in [-0.15, -0.1) is 0 Å². The van der Waals surface area contributed by atoms with Crippen LogP contribution in [0.25, 0.3) is 0 Å². The van der Waals surface area contributed by atoms with Crippen LogP contribution in [0, 0.1) is 23.3 Å². The number of halogens is 4. The SMILES string of the molecule is CCCCCc1ccc(C2CCC(c3ccc(OCC)c(F)c3F)CC2)c(F)c1F. The Morgan fingerprint density at radius 3 is 1.87 bits per heavy atom. The van der Waals surface area contributed by atoms with Crippen LogP contribution in [0.3, 0.4) is 0 Å². The Balaban J connectivity index is 1.69. The average molecular weight is 423 g/mol. The normalized spacial score (nSPS) is 19.1. The lowest BCUT2D eigenvalue weighted by atomic mass is 9.75. The van der Waals surface area contributed by atoms with Gasteiger partial charge in [0, 0.05) is 0 Å². The smallest absolute Gasteiger partial charge is 0.200 e. The van der Waals surface area contributed by atoms with Crippen molar-refractivity contribution in [2.75, 3.05) is 6.61 Å². The molecule has 1 nitrogen and oxygen atoms in total. The third-order valence-electron chi connectivity index (χ3n) is 6.23. The van der Waals surface area contributed by atoms with Crippen LogP contribution in [0.2, 0.25) is 0 Å². The van der Waals surface area contributed by atoms with Crippen molar-refractivity contribution in [1.82, 2.24) is 0 Å². The number of benzene rings is 2. The molecule has 164 valence electrons. The van der Waals surface area contributed by atoms with Crippen LogP contribution in [0.5, 0.6) is 5.75 Å². The summed E-state index contributed by atoms with van der Waals surface area (Å²) in [7, 11) is 0. The van der Waals surface area contributed by atoms with Crippen molar-refractivity contribution in [2.24, 2.45) is 0 Å². The largest absolute Gasteiger partial charge is 0.491 e. The fraction of sp³-hybridized carbons (Fsp3) is 0.520. The van der Waals surface area contributed by atoms with Crippen LogP contribution >= 0.6 is 0 Å². The van der Waals surface area contributed by atoms with Crippen LogP contribution < -0.4 is 4.74 Å². The highest BCUT2D eigenvalue weighted by Crippen LogP contribution is 2.43. The summed E-state index contributed by atoms with van der Waals surface area (Å²) in [6, 6.07) is 6.47. The molecule has 1 aliphatic rings. The van der Waals surface area contributed by atoms with Crippen molar-refractivity contribution < 1.29 is 22.3 Å². The van der Waals surface area contributed by atoms with Crippen molar-refractivity contribution in [2.45, 2.75) is 77.0 Å². The summed E-state index contributed by atoms with van der Waals surface area (Å²) in [6.07, 6.45) is 5.87. The van der Waals surface area contributed by atoms with Crippen molar-refractivity contribution in [1.29, 1.82) is 0 Å². The second-order valence-corrected chi connectivity index (χ2v) is 8.16. The van der Waals surface area contributed by atoms with Gasteiger partial charge in [-0.05, 0) is 80.0 Å². The highest BCUT2D eigenvalue weighted by atomic mass is 19.2. The van der Waals surface area contributed by atoms with Gasteiger partial charge >= 0.3 is 0 Å². The van der Waals surface area contributed by atoms with Gasteiger partial charge in [0.1, 0.15) is 0 Å². The quantitative estimate of drug-likeness (QED) is 0.311. The van der Waals surface area contributed by atoms with Gasteiger partial charge in [0.05, 0.1) is 6.61 Å². The summed E-state index contributed by atoms with van der Waals surface area (Å²) in [6.45, 7) is 4.05. The summed E-state index contributed by atoms with van der Waals surface area (Å²) in [5, 5.41) is 0. The van der Waals surface area contributed by atoms with E-state index in [0.717, 1.165) is 19.3 Å². The molecule has 1 aliphatic carbocycles. The van der Waals surface area contributed by atoms with Gasteiger partial charge in [0.25, 0.3) is 0 Å². The molecule has 2 aromatic rings. The van der Waals surface area contributed by atoms with Crippen molar-refractivity contribution >= 4 is 0 Å². The molecule has 5 heteroatoms. The minimum Gasteiger partial charge on any atom is -0.491 e. The van der Waals surface area contributed by atoms with Gasteiger partial charge in [0.15, 0.2) is 23.2 Å². The van der Waals surface area contributed by atoms with Gasteiger partial charge in [-0.1, -0.05) is 38.0 Å². The van der Waals surface area contributed by atoms with Crippen LogP contribution in [-0.4, -0.2) is 6.61 Å². The van der Waals surface area contributed by atoms with Gasteiger partial charge in [0.2, 0.25) is 5.82 Å². The van der Waals surface area contributed by atoms with Gasteiger partial charge < -0.3 is 4.74 Å². The molecule has 0 radical (unpaired) electrons. The first-order valence-corrected chi connectivity index (χ1v) is 11.0. The molecule has 0 aliphatic heterocycles. The Kier molecular flexibility index (Phi) is 7.79. The van der Waals surface area contributed by atoms with Crippen LogP contribution in [-0.2, 0) is 6.42 Å². The molecule has 0 amide bonds. The van der Waals surface area contributed by atoms with Gasteiger partial charge in [-0.3, -0.25) is 0 Å². The average Bonchev–Trinajstić information content (AvgIpc) is 2.75. The summed E-state index contributed by atoms with van der Waals surface area (Å²) in [5.41, 5.74) is 1.18. The third-order valence-corrected chi connectivity index (χ3v) is 6.23. The minimum atomic E-state index is -0.955. The van der Waals surface area contributed by atoms with E-state index in [1.165, 1.54) is 6.07 Å². The monoisotopic (exact) mass is 422 g/mol. The fourth-order valence-electron chi connectivity index (χ4n) is 4.52. The topological polar surface area (TPSA) is 9.23 Å². The molecule has 2 aromatic carbocycles. The molecule has 0 heterocycles. The van der Waals surface area contributed by atoms with Crippen molar-refractivity contribution in [3.05, 3.63) is 64.2 Å². The Morgan fingerprint density at radius 2 is 1.30 bits per heavy atom. The second-order valence-electron chi connectivity index (χ2n) is 8.16. The zero-order chi connectivity index (χ0) is 21.7.